The first-order chi connectivity index (χ1) is 33.5. The molecule has 0 aliphatic heterocycles. The van der Waals surface area contributed by atoms with E-state index in [0.717, 1.165) is 0 Å². The predicted molar refractivity (Wildman–Crippen MR) is 280 cm³/mol. The standard InChI is InChI=1S/C44H83N13O11S3/c1-8-24(5)33(56-35(59)26(46)21-69)41(65)53-30(19-23(3)4)39(63)51-27(13-10-11-16-45)36(60)52-29(15-18-71-7)38(62)50-28(14-12-17-49-44(47)48)37(61)54-31(20-58)40(64)57-34(25(6)9-2)42(66)55-32(22-70)43(67)68/h23-34,58,69-70H,8-22,45-46H2,1-7H3,(H,50,62)(H,51,63)(H,52,60)(H,53,65)(H,54,61)(H,55,66)(H,56,59)(H,57,64)(H,67,68)(H4,47,48,49)/t24-,25-,26-,27-,28-,29-,30-,31-,32-,33-,34-/m0/s1. The van der Waals surface area contributed by atoms with Gasteiger partial charge >= 0.3 is 5.97 Å². The molecule has 24 nitrogen and oxygen atoms in total. The molecule has 0 spiro atoms. The lowest BCUT2D eigenvalue weighted by molar-refractivity contribution is -0.142. The number of aliphatic hydroxyl groups is 1. The number of nitrogens with zero attached hydrogens (tertiary/aromatic N) is 1. The van der Waals surface area contributed by atoms with Crippen molar-refractivity contribution in [2.24, 2.45) is 45.7 Å². The van der Waals surface area contributed by atoms with E-state index in [4.69, 9.17) is 22.9 Å². The van der Waals surface area contributed by atoms with Crippen molar-refractivity contribution in [1.29, 1.82) is 0 Å². The summed E-state index contributed by atoms with van der Waals surface area (Å²) in [5, 5.41) is 40.4. The van der Waals surface area contributed by atoms with E-state index in [1.807, 2.05) is 20.8 Å². The van der Waals surface area contributed by atoms with Gasteiger partial charge in [0.1, 0.15) is 48.3 Å². The summed E-state index contributed by atoms with van der Waals surface area (Å²) in [5.74, 6) is -8.59. The number of guanidine groups is 1. The second kappa shape index (κ2) is 36.4. The minimum Gasteiger partial charge on any atom is -0.480 e. The monoisotopic (exact) mass is 1070 g/mol. The van der Waals surface area contributed by atoms with E-state index in [1.165, 1.54) is 11.8 Å². The van der Waals surface area contributed by atoms with Gasteiger partial charge in [0.05, 0.1) is 12.6 Å². The van der Waals surface area contributed by atoms with Crippen LogP contribution < -0.4 is 65.5 Å². The summed E-state index contributed by atoms with van der Waals surface area (Å²) in [6, 6.07) is -11.3. The SMILES string of the molecule is CC[C@H](C)[C@H](NC(=O)[C@H](CO)NC(=O)[C@H](CCCN=C(N)N)NC(=O)[C@H](CCSC)NC(=O)[C@H](CCCCN)NC(=O)[C@H](CC(C)C)NC(=O)[C@@H](NC(=O)[C@@H](N)CS)[C@@H](C)CC)C(=O)N[C@@H](CS)C(=O)O. The van der Waals surface area contributed by atoms with Crippen LogP contribution in [0.2, 0.25) is 0 Å². The quantitative estimate of drug-likeness (QED) is 0.0129. The number of hydrogen-bond donors (Lipinski definition) is 16. The van der Waals surface area contributed by atoms with Crippen LogP contribution >= 0.6 is 37.0 Å². The van der Waals surface area contributed by atoms with Crippen molar-refractivity contribution in [1.82, 2.24) is 42.5 Å². The van der Waals surface area contributed by atoms with Crippen LogP contribution in [0, 0.1) is 17.8 Å². The zero-order valence-electron chi connectivity index (χ0n) is 42.2. The molecule has 0 heterocycles. The number of thiol groups is 2. The van der Waals surface area contributed by atoms with Crippen LogP contribution in [0.15, 0.2) is 4.99 Å². The van der Waals surface area contributed by atoms with Gasteiger partial charge in [0.15, 0.2) is 5.96 Å². The van der Waals surface area contributed by atoms with Crippen LogP contribution in [-0.2, 0) is 43.2 Å². The third-order valence-corrected chi connectivity index (χ3v) is 12.9. The maximum absolute atomic E-state index is 14.2. The third-order valence-electron chi connectivity index (χ3n) is 11.5. The molecular formula is C44H83N13O11S3. The maximum Gasteiger partial charge on any atom is 0.327 e. The van der Waals surface area contributed by atoms with Crippen molar-refractivity contribution in [3.63, 3.8) is 0 Å². The summed E-state index contributed by atoms with van der Waals surface area (Å²) in [6.45, 7) is 10.0. The Kier molecular flexibility index (Phi) is 34.0. The van der Waals surface area contributed by atoms with Gasteiger partial charge in [-0.1, -0.05) is 54.4 Å². The summed E-state index contributed by atoms with van der Waals surface area (Å²) in [5.41, 5.74) is 22.6. The Morgan fingerprint density at radius 3 is 1.41 bits per heavy atom. The van der Waals surface area contributed by atoms with Crippen LogP contribution in [0.5, 0.6) is 0 Å². The molecular weight excluding hydrogens is 983 g/mol. The van der Waals surface area contributed by atoms with E-state index in [9.17, 15) is 53.4 Å². The number of carboxylic acids is 1. The number of nitrogens with one attached hydrogen (secondary N) is 8. The number of hydrogen-bond acceptors (Lipinski definition) is 16. The molecule has 0 saturated heterocycles. The van der Waals surface area contributed by atoms with E-state index >= 15 is 0 Å². The largest absolute Gasteiger partial charge is 0.480 e. The first-order valence-electron chi connectivity index (χ1n) is 23.9. The summed E-state index contributed by atoms with van der Waals surface area (Å²) in [7, 11) is 0. The number of amides is 8. The third kappa shape index (κ3) is 25.6. The number of aliphatic hydroxyl groups excluding tert-OH is 1. The molecule has 408 valence electrons. The maximum atomic E-state index is 14.2. The number of thioether (sulfide) groups is 1. The molecule has 0 saturated carbocycles. The van der Waals surface area contributed by atoms with Gasteiger partial charge in [-0.2, -0.15) is 37.0 Å². The molecule has 0 aromatic rings. The summed E-state index contributed by atoms with van der Waals surface area (Å²) in [6.07, 6.45) is 3.89. The van der Waals surface area contributed by atoms with Crippen molar-refractivity contribution < 1.29 is 53.4 Å². The highest BCUT2D eigenvalue weighted by Crippen LogP contribution is 2.14. The number of aliphatic imine (C=N–C) groups is 1. The number of carbonyl (C=O) groups is 9. The lowest BCUT2D eigenvalue weighted by atomic mass is 9.96. The van der Waals surface area contributed by atoms with E-state index < -0.39 is 120 Å². The first-order valence-corrected chi connectivity index (χ1v) is 26.6. The summed E-state index contributed by atoms with van der Waals surface area (Å²) < 4.78 is 0. The number of aliphatic carboxylic acids is 1. The molecule has 0 aromatic heterocycles. The fraction of sp³-hybridized carbons (Fsp3) is 0.773. The zero-order chi connectivity index (χ0) is 54.4. The Morgan fingerprint density at radius 2 is 1.00 bits per heavy atom. The van der Waals surface area contributed by atoms with E-state index in [0.29, 0.717) is 31.4 Å². The van der Waals surface area contributed by atoms with Crippen molar-refractivity contribution >= 4 is 96.2 Å². The second-order valence-corrected chi connectivity index (χ2v) is 19.5. The van der Waals surface area contributed by atoms with E-state index in [2.05, 4.69) is 72.8 Å². The Labute approximate surface area is 433 Å². The molecule has 0 aliphatic rings. The smallest absolute Gasteiger partial charge is 0.327 e. The van der Waals surface area contributed by atoms with E-state index in [1.54, 1.807) is 27.0 Å². The topological polar surface area (TPSA) is 407 Å². The average molecular weight is 1070 g/mol. The fourth-order valence-electron chi connectivity index (χ4n) is 6.73. The number of carbonyl (C=O) groups excluding carboxylic acids is 8. The van der Waals surface area contributed by atoms with Crippen molar-refractivity contribution in [2.75, 3.05) is 43.2 Å². The molecule has 71 heavy (non-hydrogen) atoms. The van der Waals surface area contributed by atoms with Crippen LogP contribution in [0.4, 0.5) is 0 Å². The van der Waals surface area contributed by atoms with Gasteiger partial charge in [-0.25, -0.2) is 4.79 Å². The van der Waals surface area contributed by atoms with Gasteiger partial charge in [-0.15, -0.1) is 0 Å². The molecule has 8 amide bonds. The number of nitrogens with two attached hydrogens (primary N) is 4. The zero-order valence-corrected chi connectivity index (χ0v) is 44.8. The Balaban J connectivity index is 6.74. The lowest BCUT2D eigenvalue weighted by Crippen LogP contribution is -2.61. The van der Waals surface area contributed by atoms with Gasteiger partial charge in [0.25, 0.3) is 0 Å². The van der Waals surface area contributed by atoms with Crippen LogP contribution in [-0.4, -0.2) is 167 Å². The molecule has 0 unspecified atom stereocenters. The van der Waals surface area contributed by atoms with Crippen molar-refractivity contribution in [3.05, 3.63) is 0 Å². The van der Waals surface area contributed by atoms with Crippen molar-refractivity contribution in [3.8, 4) is 0 Å². The Hall–Kier alpha value is -4.57. The first kappa shape index (κ1) is 66.4. The molecule has 0 aliphatic carbocycles. The number of carboxylic acid groups (broad SMARTS) is 1. The minimum atomic E-state index is -1.65. The summed E-state index contributed by atoms with van der Waals surface area (Å²) in [4.78, 5) is 125. The molecule has 18 N–H and O–H groups in total. The van der Waals surface area contributed by atoms with Gasteiger partial charge in [-0.3, -0.25) is 43.3 Å². The molecule has 11 atom stereocenters. The number of unbranched alkanes of at least 4 members (excludes halogenated alkanes) is 1. The lowest BCUT2D eigenvalue weighted by Gasteiger charge is -2.29. The van der Waals surface area contributed by atoms with Gasteiger partial charge < -0.3 is 75.7 Å². The average Bonchev–Trinajstić information content (AvgIpc) is 3.33. The van der Waals surface area contributed by atoms with Gasteiger partial charge in [-0.05, 0) is 81.3 Å². The van der Waals surface area contributed by atoms with Crippen LogP contribution in [0.3, 0.4) is 0 Å². The van der Waals surface area contributed by atoms with Crippen LogP contribution in [0.1, 0.15) is 99.3 Å². The predicted octanol–water partition coefficient (Wildman–Crippen LogP) is -2.80. The van der Waals surface area contributed by atoms with E-state index in [-0.39, 0.29) is 74.5 Å². The minimum absolute atomic E-state index is 0.0352. The van der Waals surface area contributed by atoms with Gasteiger partial charge in [0, 0.05) is 18.1 Å². The van der Waals surface area contributed by atoms with Gasteiger partial charge in [0.2, 0.25) is 47.3 Å². The molecule has 0 radical (unpaired) electrons. The fourth-order valence-corrected chi connectivity index (χ4v) is 7.62. The number of rotatable bonds is 37. The van der Waals surface area contributed by atoms with Crippen molar-refractivity contribution in [2.45, 2.75) is 154 Å². The second-order valence-electron chi connectivity index (χ2n) is 17.7. The molecule has 0 aromatic carbocycles. The molecule has 0 bridgehead atoms. The Bertz CT molecular complexity index is 1750. The molecule has 0 fully saturated rings. The Morgan fingerprint density at radius 1 is 0.577 bits per heavy atom. The molecule has 0 rings (SSSR count). The highest BCUT2D eigenvalue weighted by atomic mass is 32.2. The van der Waals surface area contributed by atoms with Crippen LogP contribution in [0.25, 0.3) is 0 Å². The highest BCUT2D eigenvalue weighted by Gasteiger charge is 2.36. The normalized spacial score (nSPS) is 15.8. The summed E-state index contributed by atoms with van der Waals surface area (Å²) >= 11 is 9.41. The molecule has 27 heteroatoms. The highest BCUT2D eigenvalue weighted by molar-refractivity contribution is 7.98.